The number of aliphatic carboxylic acids is 1. The van der Waals surface area contributed by atoms with Gasteiger partial charge in [-0.2, -0.15) is 13.2 Å². The van der Waals surface area contributed by atoms with Gasteiger partial charge in [-0.15, -0.1) is 0 Å². The van der Waals surface area contributed by atoms with Crippen LogP contribution < -0.4 is 0 Å². The zero-order chi connectivity index (χ0) is 23.0. The molecule has 2 aromatic carbocycles. The van der Waals surface area contributed by atoms with Crippen LogP contribution in [0.5, 0.6) is 0 Å². The predicted octanol–water partition coefficient (Wildman–Crippen LogP) is 5.32. The fourth-order valence-electron chi connectivity index (χ4n) is 4.17. The number of carbonyl (C=O) groups is 1. The fourth-order valence-corrected chi connectivity index (χ4v) is 6.34. The third-order valence-electron chi connectivity index (χ3n) is 5.80. The van der Waals surface area contributed by atoms with Crippen LogP contribution in [-0.2, 0) is 25.6 Å². The first-order valence-electron chi connectivity index (χ1n) is 9.46. The Kier molecular flexibility index (Phi) is 6.14. The molecule has 0 atom stereocenters. The number of carboxylic acids is 1. The Balaban J connectivity index is 2.10. The Morgan fingerprint density at radius 1 is 1.03 bits per heavy atom. The Morgan fingerprint density at radius 2 is 1.61 bits per heavy atom. The average molecular weight is 462 g/mol. The Hall–Kier alpha value is -2.49. The number of carboxylic acid groups (broad SMARTS) is 1. The van der Waals surface area contributed by atoms with Crippen molar-refractivity contribution in [3.05, 3.63) is 65.2 Å². The van der Waals surface area contributed by atoms with Gasteiger partial charge in [0.25, 0.3) is 0 Å². The van der Waals surface area contributed by atoms with E-state index in [9.17, 15) is 35.2 Å². The second kappa shape index (κ2) is 8.22. The molecule has 10 heteroatoms. The monoisotopic (exact) mass is 462 g/mol. The summed E-state index contributed by atoms with van der Waals surface area (Å²) in [6.45, 7) is 0. The molecule has 31 heavy (non-hydrogen) atoms. The maximum Gasteiger partial charge on any atom is 0.416 e. The topological polar surface area (TPSA) is 71.4 Å². The molecule has 1 aliphatic carbocycles. The summed E-state index contributed by atoms with van der Waals surface area (Å²) < 4.78 is 92.5. The smallest absolute Gasteiger partial charge is 0.416 e. The molecule has 168 valence electrons. The molecule has 0 saturated heterocycles. The fraction of sp³-hybridized carbons (Fsp3) is 0.381. The molecular weight excluding hydrogens is 443 g/mol. The average Bonchev–Trinajstić information content (AvgIpc) is 2.69. The summed E-state index contributed by atoms with van der Waals surface area (Å²) in [6.07, 6.45) is -4.97. The molecule has 4 nitrogen and oxygen atoms in total. The second-order valence-electron chi connectivity index (χ2n) is 7.69. The standard InChI is InChI=1S/C21H19F5O4S/c22-15-3-6-18(23)17(12-15)20(9-7-13(8-10-20)11-19(27)28)31(29,30)16-4-1-14(2-5-16)21(24,25)26/h1-6,12-13H,7-11H2,(H,27,28). The largest absolute Gasteiger partial charge is 0.481 e. The molecule has 0 radical (unpaired) electrons. The summed E-state index contributed by atoms with van der Waals surface area (Å²) in [5.74, 6) is -3.20. The lowest BCUT2D eigenvalue weighted by molar-refractivity contribution is -0.139. The molecule has 0 aliphatic heterocycles. The highest BCUT2D eigenvalue weighted by molar-refractivity contribution is 7.92. The molecule has 0 heterocycles. The first-order valence-corrected chi connectivity index (χ1v) is 10.9. The zero-order valence-electron chi connectivity index (χ0n) is 16.1. The summed E-state index contributed by atoms with van der Waals surface area (Å²) in [5.41, 5.74) is -1.44. The molecule has 0 spiro atoms. The van der Waals surface area contributed by atoms with Crippen LogP contribution in [0.1, 0.15) is 43.2 Å². The van der Waals surface area contributed by atoms with Gasteiger partial charge in [0.15, 0.2) is 9.84 Å². The summed E-state index contributed by atoms with van der Waals surface area (Å²) >= 11 is 0. The van der Waals surface area contributed by atoms with Crippen molar-refractivity contribution in [2.45, 2.75) is 47.9 Å². The minimum Gasteiger partial charge on any atom is -0.481 e. The van der Waals surface area contributed by atoms with Gasteiger partial charge in [-0.25, -0.2) is 17.2 Å². The maximum atomic E-state index is 14.7. The summed E-state index contributed by atoms with van der Waals surface area (Å²) in [7, 11) is -4.45. The van der Waals surface area contributed by atoms with Gasteiger partial charge in [0.1, 0.15) is 16.4 Å². The highest BCUT2D eigenvalue weighted by Gasteiger charge is 2.50. The first-order chi connectivity index (χ1) is 14.4. The molecule has 1 saturated carbocycles. The molecule has 3 rings (SSSR count). The van der Waals surface area contributed by atoms with E-state index in [-0.39, 0.29) is 38.0 Å². The van der Waals surface area contributed by atoms with Crippen molar-refractivity contribution in [3.63, 3.8) is 0 Å². The van der Waals surface area contributed by atoms with Gasteiger partial charge in [0.05, 0.1) is 10.5 Å². The van der Waals surface area contributed by atoms with E-state index in [2.05, 4.69) is 0 Å². The van der Waals surface area contributed by atoms with Crippen LogP contribution in [0.15, 0.2) is 47.4 Å². The van der Waals surface area contributed by atoms with Crippen molar-refractivity contribution in [2.75, 3.05) is 0 Å². The van der Waals surface area contributed by atoms with E-state index in [4.69, 9.17) is 5.11 Å². The molecule has 0 amide bonds. The lowest BCUT2D eigenvalue weighted by Crippen LogP contribution is -2.41. The van der Waals surface area contributed by atoms with Gasteiger partial charge < -0.3 is 5.11 Å². The molecule has 0 unspecified atom stereocenters. The summed E-state index contributed by atoms with van der Waals surface area (Å²) in [5, 5.41) is 9.00. The van der Waals surface area contributed by atoms with Gasteiger partial charge in [-0.3, -0.25) is 4.79 Å². The van der Waals surface area contributed by atoms with Crippen molar-refractivity contribution >= 4 is 15.8 Å². The number of hydrogen-bond acceptors (Lipinski definition) is 3. The summed E-state index contributed by atoms with van der Waals surface area (Å²) in [4.78, 5) is 10.6. The quantitative estimate of drug-likeness (QED) is 0.611. The number of alkyl halides is 3. The van der Waals surface area contributed by atoms with E-state index in [0.717, 1.165) is 30.3 Å². The number of rotatable bonds is 5. The lowest BCUT2D eigenvalue weighted by atomic mass is 9.76. The van der Waals surface area contributed by atoms with Crippen LogP contribution in [0.3, 0.4) is 0 Å². The van der Waals surface area contributed by atoms with Crippen molar-refractivity contribution in [1.82, 2.24) is 0 Å². The summed E-state index contributed by atoms with van der Waals surface area (Å²) in [6, 6.07) is 5.29. The van der Waals surface area contributed by atoms with Crippen molar-refractivity contribution in [3.8, 4) is 0 Å². The van der Waals surface area contributed by atoms with Crippen molar-refractivity contribution in [2.24, 2.45) is 5.92 Å². The van der Waals surface area contributed by atoms with Crippen LogP contribution in [0, 0.1) is 17.6 Å². The molecule has 0 bridgehead atoms. The number of halogens is 5. The lowest BCUT2D eigenvalue weighted by Gasteiger charge is -2.40. The highest BCUT2D eigenvalue weighted by Crippen LogP contribution is 2.50. The van der Waals surface area contributed by atoms with E-state index >= 15 is 0 Å². The SMILES string of the molecule is O=C(O)CC1CCC(c2cc(F)ccc2F)(S(=O)(=O)c2ccc(C(F)(F)F)cc2)CC1. The second-order valence-corrected chi connectivity index (χ2v) is 9.95. The van der Waals surface area contributed by atoms with Crippen LogP contribution in [0.2, 0.25) is 0 Å². The third-order valence-corrected chi connectivity index (χ3v) is 8.35. The predicted molar refractivity (Wildman–Crippen MR) is 101 cm³/mol. The van der Waals surface area contributed by atoms with E-state index in [1.807, 2.05) is 0 Å². The van der Waals surface area contributed by atoms with E-state index in [1.54, 1.807) is 0 Å². The van der Waals surface area contributed by atoms with Crippen LogP contribution in [-0.4, -0.2) is 19.5 Å². The van der Waals surface area contributed by atoms with E-state index < -0.39 is 54.4 Å². The molecular formula is C21H19F5O4S. The molecule has 0 aromatic heterocycles. The Labute approximate surface area is 175 Å². The Bertz CT molecular complexity index is 1070. The first kappa shape index (κ1) is 23.2. The number of benzene rings is 2. The third kappa shape index (κ3) is 4.44. The Morgan fingerprint density at radius 3 is 2.13 bits per heavy atom. The normalized spacial score (nSPS) is 22.3. The van der Waals surface area contributed by atoms with Crippen LogP contribution in [0.25, 0.3) is 0 Å². The number of sulfone groups is 1. The van der Waals surface area contributed by atoms with Crippen molar-refractivity contribution < 1.29 is 40.3 Å². The molecule has 1 aliphatic rings. The van der Waals surface area contributed by atoms with Gasteiger partial charge in [0.2, 0.25) is 0 Å². The molecule has 2 aromatic rings. The van der Waals surface area contributed by atoms with Crippen molar-refractivity contribution in [1.29, 1.82) is 0 Å². The molecule has 1 N–H and O–H groups in total. The highest BCUT2D eigenvalue weighted by atomic mass is 32.2. The maximum absolute atomic E-state index is 14.7. The van der Waals surface area contributed by atoms with E-state index in [0.29, 0.717) is 12.1 Å². The van der Waals surface area contributed by atoms with Gasteiger partial charge in [-0.05, 0) is 74.1 Å². The molecule has 1 fully saturated rings. The van der Waals surface area contributed by atoms with E-state index in [1.165, 1.54) is 0 Å². The minimum atomic E-state index is -4.66. The van der Waals surface area contributed by atoms with Crippen LogP contribution >= 0.6 is 0 Å². The number of hydrogen-bond donors (Lipinski definition) is 1. The van der Waals surface area contributed by atoms with Gasteiger partial charge in [0, 0.05) is 12.0 Å². The van der Waals surface area contributed by atoms with Gasteiger partial charge >= 0.3 is 12.1 Å². The van der Waals surface area contributed by atoms with Gasteiger partial charge in [-0.1, -0.05) is 0 Å². The van der Waals surface area contributed by atoms with Crippen LogP contribution in [0.4, 0.5) is 22.0 Å². The minimum absolute atomic E-state index is 0.127. The zero-order valence-corrected chi connectivity index (χ0v) is 16.9.